The molecule has 2 aromatic rings. The van der Waals surface area contributed by atoms with Gasteiger partial charge in [-0.05, 0) is 36.6 Å². The number of para-hydroxylation sites is 1. The summed E-state index contributed by atoms with van der Waals surface area (Å²) < 4.78 is 5.06. The first kappa shape index (κ1) is 15.5. The molecule has 0 saturated heterocycles. The molecule has 2 heterocycles. The normalized spacial score (nSPS) is 13.3. The lowest BCUT2D eigenvalue weighted by Crippen LogP contribution is -2.38. The molecule has 0 fully saturated rings. The highest BCUT2D eigenvalue weighted by molar-refractivity contribution is 6.30. The molecule has 1 aliphatic rings. The van der Waals surface area contributed by atoms with Crippen molar-refractivity contribution in [1.29, 1.82) is 0 Å². The quantitative estimate of drug-likeness (QED) is 0.812. The van der Waals surface area contributed by atoms with Crippen LogP contribution in [0.2, 0.25) is 5.02 Å². The van der Waals surface area contributed by atoms with Gasteiger partial charge in [-0.15, -0.1) is 0 Å². The van der Waals surface area contributed by atoms with Crippen LogP contribution in [0.5, 0.6) is 0 Å². The molecule has 1 amide bonds. The van der Waals surface area contributed by atoms with Crippen LogP contribution in [0.3, 0.4) is 0 Å². The number of anilines is 1. The van der Waals surface area contributed by atoms with Crippen LogP contribution in [0.4, 0.5) is 5.69 Å². The van der Waals surface area contributed by atoms with Crippen LogP contribution < -0.4 is 4.90 Å². The molecule has 0 atom stereocenters. The average Bonchev–Trinajstić information content (AvgIpc) is 2.59. The van der Waals surface area contributed by atoms with Crippen molar-refractivity contribution in [2.75, 3.05) is 18.1 Å². The van der Waals surface area contributed by atoms with Gasteiger partial charge in [0, 0.05) is 23.5 Å². The standard InChI is InChI=1S/C17H15ClN2O3/c18-13-7-8-19-14(10-13)17(22)23-11-16(21)20-9-3-5-12-4-1-2-6-15(12)20/h1-2,4,6-8,10H,3,5,9,11H2. The minimum absolute atomic E-state index is 0.0874. The summed E-state index contributed by atoms with van der Waals surface area (Å²) in [4.78, 5) is 29.8. The van der Waals surface area contributed by atoms with E-state index in [1.165, 1.54) is 12.3 Å². The van der Waals surface area contributed by atoms with Gasteiger partial charge in [-0.3, -0.25) is 4.79 Å². The molecular weight excluding hydrogens is 316 g/mol. The monoisotopic (exact) mass is 330 g/mol. The third-order valence-corrected chi connectivity index (χ3v) is 3.90. The number of benzene rings is 1. The number of carbonyl (C=O) groups is 2. The Hall–Kier alpha value is -2.40. The highest BCUT2D eigenvalue weighted by Crippen LogP contribution is 2.26. The van der Waals surface area contributed by atoms with Gasteiger partial charge in [0.1, 0.15) is 5.69 Å². The summed E-state index contributed by atoms with van der Waals surface area (Å²) >= 11 is 5.81. The largest absolute Gasteiger partial charge is 0.451 e. The van der Waals surface area contributed by atoms with Crippen molar-refractivity contribution in [1.82, 2.24) is 4.98 Å². The third kappa shape index (κ3) is 3.51. The first-order chi connectivity index (χ1) is 11.1. The van der Waals surface area contributed by atoms with Crippen LogP contribution in [0, 0.1) is 0 Å². The van der Waals surface area contributed by atoms with Gasteiger partial charge < -0.3 is 9.64 Å². The first-order valence-corrected chi connectivity index (χ1v) is 7.70. The van der Waals surface area contributed by atoms with E-state index in [9.17, 15) is 9.59 Å². The van der Waals surface area contributed by atoms with Gasteiger partial charge in [-0.2, -0.15) is 0 Å². The fourth-order valence-corrected chi connectivity index (χ4v) is 2.75. The maximum Gasteiger partial charge on any atom is 0.357 e. The SMILES string of the molecule is O=C(OCC(=O)N1CCCc2ccccc21)c1cc(Cl)ccn1. The number of aromatic nitrogens is 1. The zero-order valence-corrected chi connectivity index (χ0v) is 13.1. The fourth-order valence-electron chi connectivity index (χ4n) is 2.59. The Kier molecular flexibility index (Phi) is 4.57. The van der Waals surface area contributed by atoms with Gasteiger partial charge in [0.05, 0.1) is 0 Å². The van der Waals surface area contributed by atoms with E-state index in [1.54, 1.807) is 11.0 Å². The van der Waals surface area contributed by atoms with E-state index in [4.69, 9.17) is 16.3 Å². The predicted octanol–water partition coefficient (Wildman–Crippen LogP) is 2.87. The topological polar surface area (TPSA) is 59.5 Å². The Morgan fingerprint density at radius 1 is 1.26 bits per heavy atom. The molecule has 3 rings (SSSR count). The van der Waals surface area contributed by atoms with Crippen molar-refractivity contribution in [2.24, 2.45) is 0 Å². The number of fused-ring (bicyclic) bond motifs is 1. The molecular formula is C17H15ClN2O3. The van der Waals surface area contributed by atoms with Crippen molar-refractivity contribution in [3.8, 4) is 0 Å². The van der Waals surface area contributed by atoms with Crippen LogP contribution in [0.25, 0.3) is 0 Å². The molecule has 1 aromatic carbocycles. The van der Waals surface area contributed by atoms with Gasteiger partial charge >= 0.3 is 5.97 Å². The van der Waals surface area contributed by atoms with Crippen LogP contribution >= 0.6 is 11.6 Å². The van der Waals surface area contributed by atoms with Crippen molar-refractivity contribution in [3.63, 3.8) is 0 Å². The molecule has 0 saturated carbocycles. The van der Waals surface area contributed by atoms with Gasteiger partial charge in [-0.1, -0.05) is 29.8 Å². The molecule has 1 aromatic heterocycles. The molecule has 0 N–H and O–H groups in total. The van der Waals surface area contributed by atoms with Crippen LogP contribution in [-0.4, -0.2) is 30.0 Å². The van der Waals surface area contributed by atoms with Crippen LogP contribution in [0.1, 0.15) is 22.5 Å². The molecule has 6 heteroatoms. The lowest BCUT2D eigenvalue weighted by atomic mass is 10.0. The number of halogens is 1. The molecule has 0 aliphatic carbocycles. The fraction of sp³-hybridized carbons (Fsp3) is 0.235. The van der Waals surface area contributed by atoms with Crippen molar-refractivity contribution in [2.45, 2.75) is 12.8 Å². The molecule has 1 aliphatic heterocycles. The maximum absolute atomic E-state index is 12.4. The summed E-state index contributed by atoms with van der Waals surface area (Å²) in [7, 11) is 0. The van der Waals surface area contributed by atoms with Gasteiger partial charge in [0.2, 0.25) is 0 Å². The minimum atomic E-state index is -0.661. The number of esters is 1. The van der Waals surface area contributed by atoms with Gasteiger partial charge in [-0.25, -0.2) is 9.78 Å². The van der Waals surface area contributed by atoms with E-state index in [0.717, 1.165) is 24.1 Å². The first-order valence-electron chi connectivity index (χ1n) is 7.32. The molecule has 23 heavy (non-hydrogen) atoms. The highest BCUT2D eigenvalue weighted by atomic mass is 35.5. The minimum Gasteiger partial charge on any atom is -0.451 e. The average molecular weight is 331 g/mol. The second-order valence-electron chi connectivity index (χ2n) is 5.21. The van der Waals surface area contributed by atoms with Crippen molar-refractivity contribution < 1.29 is 14.3 Å². The van der Waals surface area contributed by atoms with E-state index >= 15 is 0 Å². The number of amides is 1. The number of carbonyl (C=O) groups excluding carboxylic acids is 2. The van der Waals surface area contributed by atoms with Crippen LogP contribution in [-0.2, 0) is 16.0 Å². The zero-order chi connectivity index (χ0) is 16.2. The van der Waals surface area contributed by atoms with E-state index in [1.807, 2.05) is 24.3 Å². The summed E-state index contributed by atoms with van der Waals surface area (Å²) in [5, 5.41) is 0.392. The van der Waals surface area contributed by atoms with Gasteiger partial charge in [0.25, 0.3) is 5.91 Å². The summed E-state index contributed by atoms with van der Waals surface area (Å²) in [5.74, 6) is -0.904. The van der Waals surface area contributed by atoms with Gasteiger partial charge in [0.15, 0.2) is 6.61 Å². The molecule has 118 valence electrons. The number of nitrogens with zero attached hydrogens (tertiary/aromatic N) is 2. The second kappa shape index (κ2) is 6.79. The second-order valence-corrected chi connectivity index (χ2v) is 5.65. The maximum atomic E-state index is 12.4. The number of aryl methyl sites for hydroxylation is 1. The van der Waals surface area contributed by atoms with Crippen molar-refractivity contribution in [3.05, 3.63) is 58.9 Å². The summed E-state index contributed by atoms with van der Waals surface area (Å²) in [6, 6.07) is 10.7. The van der Waals surface area contributed by atoms with Crippen molar-refractivity contribution >= 4 is 29.2 Å². The number of ether oxygens (including phenoxy) is 1. The summed E-state index contributed by atoms with van der Waals surface area (Å²) in [6.45, 7) is 0.310. The van der Waals surface area contributed by atoms with Crippen LogP contribution in [0.15, 0.2) is 42.6 Å². The molecule has 0 unspecified atom stereocenters. The molecule has 0 radical (unpaired) electrons. The Morgan fingerprint density at radius 2 is 2.09 bits per heavy atom. The Morgan fingerprint density at radius 3 is 2.91 bits per heavy atom. The number of hydrogen-bond acceptors (Lipinski definition) is 4. The molecule has 5 nitrogen and oxygen atoms in total. The summed E-state index contributed by atoms with van der Waals surface area (Å²) in [5.41, 5.74) is 2.11. The smallest absolute Gasteiger partial charge is 0.357 e. The third-order valence-electron chi connectivity index (χ3n) is 3.67. The highest BCUT2D eigenvalue weighted by Gasteiger charge is 2.23. The predicted molar refractivity (Wildman–Crippen MR) is 86.6 cm³/mol. The van der Waals surface area contributed by atoms with E-state index in [-0.39, 0.29) is 18.2 Å². The zero-order valence-electron chi connectivity index (χ0n) is 12.4. The number of rotatable bonds is 3. The summed E-state index contributed by atoms with van der Waals surface area (Å²) in [6.07, 6.45) is 3.26. The number of hydrogen-bond donors (Lipinski definition) is 0. The Labute approximate surface area is 138 Å². The Balaban J connectivity index is 1.65. The molecule has 0 spiro atoms. The lowest BCUT2D eigenvalue weighted by Gasteiger charge is -2.29. The van der Waals surface area contributed by atoms with E-state index < -0.39 is 5.97 Å². The molecule has 0 bridgehead atoms. The van der Waals surface area contributed by atoms with E-state index in [2.05, 4.69) is 4.98 Å². The Bertz CT molecular complexity index is 748. The lowest BCUT2D eigenvalue weighted by molar-refractivity contribution is -0.121. The number of pyridine rings is 1. The van der Waals surface area contributed by atoms with E-state index in [0.29, 0.717) is 11.6 Å².